The quantitative estimate of drug-likeness (QED) is 0.757. The molecule has 0 saturated carbocycles. The number of anilines is 1. The van der Waals surface area contributed by atoms with Gasteiger partial charge in [-0.1, -0.05) is 30.3 Å². The number of hydrogen-bond acceptors (Lipinski definition) is 3. The van der Waals surface area contributed by atoms with Gasteiger partial charge in [-0.15, -0.1) is 0 Å². The number of hydrogen-bond donors (Lipinski definition) is 0. The molecule has 1 saturated heterocycles. The van der Waals surface area contributed by atoms with Crippen molar-refractivity contribution in [2.75, 3.05) is 18.0 Å². The molecule has 88 valence electrons. The molecule has 0 amide bonds. The van der Waals surface area contributed by atoms with Crippen LogP contribution in [0.5, 0.6) is 0 Å². The monoisotopic (exact) mass is 246 g/mol. The van der Waals surface area contributed by atoms with Crippen LogP contribution in [0.3, 0.4) is 0 Å². The van der Waals surface area contributed by atoms with E-state index in [4.69, 9.17) is 0 Å². The summed E-state index contributed by atoms with van der Waals surface area (Å²) < 4.78 is 1.95. The highest BCUT2D eigenvalue weighted by molar-refractivity contribution is 7.06. The summed E-state index contributed by atoms with van der Waals surface area (Å²) in [6.45, 7) is 2.34. The van der Waals surface area contributed by atoms with Gasteiger partial charge in [-0.3, -0.25) is 0 Å². The van der Waals surface area contributed by atoms with Crippen LogP contribution in [0.15, 0.2) is 30.3 Å². The van der Waals surface area contributed by atoms with Gasteiger partial charge in [0.1, 0.15) is 0 Å². The Balaban J connectivity index is 2.04. The maximum absolute atomic E-state index is 4.62. The number of benzene rings is 1. The molecule has 2 aromatic rings. The zero-order valence-electron chi connectivity index (χ0n) is 9.97. The van der Waals surface area contributed by atoms with E-state index in [1.807, 2.05) is 17.2 Å². The molecule has 0 aliphatic carbocycles. The van der Waals surface area contributed by atoms with Crippen molar-refractivity contribution in [1.29, 1.82) is 0 Å². The van der Waals surface area contributed by atoms with E-state index in [0.29, 0.717) is 0 Å². The third kappa shape index (κ3) is 2.05. The second-order valence-electron chi connectivity index (χ2n) is 4.37. The van der Waals surface area contributed by atoms with E-state index in [1.165, 1.54) is 36.5 Å². The van der Waals surface area contributed by atoms with Crippen molar-refractivity contribution >= 4 is 16.5 Å². The second-order valence-corrected chi connectivity index (χ2v) is 5.47. The van der Waals surface area contributed by atoms with Crippen molar-refractivity contribution in [3.8, 4) is 11.3 Å². The maximum atomic E-state index is 4.62. The fourth-order valence-electron chi connectivity index (χ4n) is 2.28. The molecule has 1 aromatic heterocycles. The van der Waals surface area contributed by atoms with Crippen molar-refractivity contribution in [2.45, 2.75) is 12.8 Å². The first-order valence-electron chi connectivity index (χ1n) is 6.02. The first kappa shape index (κ1) is 10.7. The molecule has 3 nitrogen and oxygen atoms in total. The van der Waals surface area contributed by atoms with Gasteiger partial charge in [0.05, 0.1) is 0 Å². The van der Waals surface area contributed by atoms with E-state index in [-0.39, 0.29) is 0 Å². The van der Waals surface area contributed by atoms with Gasteiger partial charge in [-0.25, -0.2) is 0 Å². The highest BCUT2D eigenvalue weighted by Gasteiger charge is 2.25. The minimum absolute atomic E-state index is 1.13. The van der Waals surface area contributed by atoms with E-state index in [9.17, 15) is 0 Å². The Kier molecular flexibility index (Phi) is 2.81. The predicted molar refractivity (Wildman–Crippen MR) is 70.2 cm³/mol. The Morgan fingerprint density at radius 1 is 1.18 bits per heavy atom. The predicted octanol–water partition coefficient (Wildman–Crippen LogP) is 2.23. The number of aromatic nitrogens is 2. The Morgan fingerprint density at radius 2 is 1.88 bits per heavy atom. The lowest BCUT2D eigenvalue weighted by Crippen LogP contribution is -2.25. The molecule has 17 heavy (non-hydrogen) atoms. The summed E-state index contributed by atoms with van der Waals surface area (Å²) in [6.07, 6.45) is 2.60. The van der Waals surface area contributed by atoms with Gasteiger partial charge in [0.15, 0.2) is 29.3 Å². The third-order valence-corrected chi connectivity index (χ3v) is 4.07. The first-order valence-corrected chi connectivity index (χ1v) is 6.80. The highest BCUT2D eigenvalue weighted by Crippen LogP contribution is 2.32. The molecule has 0 N–H and O–H groups in total. The van der Waals surface area contributed by atoms with Gasteiger partial charge in [0.2, 0.25) is 0 Å². The minimum atomic E-state index is 1.13. The van der Waals surface area contributed by atoms with E-state index < -0.39 is 0 Å². The fraction of sp³-hybridized carbons (Fsp3) is 0.385. The lowest BCUT2D eigenvalue weighted by molar-refractivity contribution is -0.662. The Morgan fingerprint density at radius 3 is 2.59 bits per heavy atom. The van der Waals surface area contributed by atoms with Gasteiger partial charge in [0.25, 0.3) is 0 Å². The van der Waals surface area contributed by atoms with Crippen molar-refractivity contribution in [1.82, 2.24) is 5.10 Å². The summed E-state index contributed by atoms with van der Waals surface area (Å²) in [5.74, 6) is 0. The molecule has 1 aliphatic rings. The Bertz CT molecular complexity index is 501. The third-order valence-electron chi connectivity index (χ3n) is 3.10. The standard InChI is InChI=1S/C13H16N3S/c1-15-14-12(11-7-3-2-4-8-11)13(17-15)16-9-5-6-10-16/h2-4,7-8H,5-6,9-10H2,1H3/q+1. The average Bonchev–Trinajstić information content (AvgIpc) is 2.98. The Hall–Kier alpha value is -1.42. The Labute approximate surface area is 105 Å². The highest BCUT2D eigenvalue weighted by atomic mass is 32.1. The van der Waals surface area contributed by atoms with Crippen LogP contribution < -0.4 is 8.97 Å². The van der Waals surface area contributed by atoms with E-state index in [2.05, 4.69) is 34.3 Å². The summed E-state index contributed by atoms with van der Waals surface area (Å²) in [7, 11) is 2.01. The summed E-state index contributed by atoms with van der Waals surface area (Å²) in [6, 6.07) is 10.5. The molecule has 4 heteroatoms. The topological polar surface area (TPSA) is 20.0 Å². The van der Waals surface area contributed by atoms with Crippen molar-refractivity contribution in [2.24, 2.45) is 7.05 Å². The van der Waals surface area contributed by atoms with Crippen LogP contribution in [0.2, 0.25) is 0 Å². The zero-order chi connectivity index (χ0) is 11.7. The molecule has 2 heterocycles. The summed E-state index contributed by atoms with van der Waals surface area (Å²) in [5, 5.41) is 5.93. The molecule has 0 spiro atoms. The van der Waals surface area contributed by atoms with Gasteiger partial charge in [-0.2, -0.15) is 0 Å². The van der Waals surface area contributed by atoms with Crippen LogP contribution in [0.1, 0.15) is 12.8 Å². The number of aryl methyl sites for hydroxylation is 1. The average molecular weight is 246 g/mol. The lowest BCUT2D eigenvalue weighted by atomic mass is 10.1. The number of nitrogens with zero attached hydrogens (tertiary/aromatic N) is 3. The van der Waals surface area contributed by atoms with Crippen LogP contribution in [-0.4, -0.2) is 18.2 Å². The molecular weight excluding hydrogens is 230 g/mol. The van der Waals surface area contributed by atoms with Crippen molar-refractivity contribution < 1.29 is 4.07 Å². The van der Waals surface area contributed by atoms with Gasteiger partial charge >= 0.3 is 0 Å². The molecule has 0 atom stereocenters. The molecule has 1 aliphatic heterocycles. The molecule has 0 radical (unpaired) electrons. The molecule has 1 fully saturated rings. The van der Waals surface area contributed by atoms with Gasteiger partial charge < -0.3 is 4.90 Å². The van der Waals surface area contributed by atoms with Crippen LogP contribution in [-0.2, 0) is 7.05 Å². The summed E-state index contributed by atoms with van der Waals surface area (Å²) >= 11 is 1.74. The molecular formula is C13H16N3S+. The summed E-state index contributed by atoms with van der Waals surface area (Å²) in [5.41, 5.74) is 2.34. The van der Waals surface area contributed by atoms with Gasteiger partial charge in [0, 0.05) is 23.8 Å². The molecule has 1 aromatic carbocycles. The second kappa shape index (κ2) is 4.45. The van der Waals surface area contributed by atoms with Crippen LogP contribution in [0, 0.1) is 0 Å². The van der Waals surface area contributed by atoms with Crippen LogP contribution in [0.25, 0.3) is 11.3 Å². The largest absolute Gasteiger partial charge is 0.357 e. The van der Waals surface area contributed by atoms with Crippen LogP contribution in [0.4, 0.5) is 5.00 Å². The number of rotatable bonds is 2. The smallest absolute Gasteiger partial charge is 0.191 e. The van der Waals surface area contributed by atoms with E-state index >= 15 is 0 Å². The van der Waals surface area contributed by atoms with E-state index in [1.54, 1.807) is 11.5 Å². The molecule has 3 rings (SSSR count). The van der Waals surface area contributed by atoms with Crippen molar-refractivity contribution in [3.05, 3.63) is 30.3 Å². The minimum Gasteiger partial charge on any atom is -0.357 e. The lowest BCUT2D eigenvalue weighted by Gasteiger charge is -2.13. The fourth-order valence-corrected chi connectivity index (χ4v) is 3.19. The summed E-state index contributed by atoms with van der Waals surface area (Å²) in [4.78, 5) is 2.46. The maximum Gasteiger partial charge on any atom is 0.191 e. The van der Waals surface area contributed by atoms with Gasteiger partial charge in [-0.05, 0) is 16.9 Å². The normalized spacial score (nSPS) is 15.5. The van der Waals surface area contributed by atoms with E-state index in [0.717, 1.165) is 5.69 Å². The van der Waals surface area contributed by atoms with Crippen LogP contribution >= 0.6 is 11.5 Å². The molecule has 0 bridgehead atoms. The first-order chi connectivity index (χ1) is 8.34. The SMILES string of the molecule is C[n+]1nc(-c2ccccc2)c(N2CCCC2)s1. The molecule has 0 unspecified atom stereocenters. The van der Waals surface area contributed by atoms with Crippen molar-refractivity contribution in [3.63, 3.8) is 0 Å². The zero-order valence-corrected chi connectivity index (χ0v) is 10.8.